The lowest BCUT2D eigenvalue weighted by Crippen LogP contribution is -2.72. The van der Waals surface area contributed by atoms with Crippen molar-refractivity contribution in [2.75, 3.05) is 7.05 Å². The Morgan fingerprint density at radius 2 is 2.20 bits per heavy atom. The molecule has 0 saturated heterocycles. The first-order valence-electron chi connectivity index (χ1n) is 4.58. The van der Waals surface area contributed by atoms with Crippen LogP contribution in [0.1, 0.15) is 5.69 Å². The minimum Gasteiger partial charge on any atom is -0.306 e. The third kappa shape index (κ3) is 2.03. The normalized spacial score (nSPS) is 10.6. The Labute approximate surface area is 91.0 Å². The van der Waals surface area contributed by atoms with Gasteiger partial charge in [-0.25, -0.2) is 9.37 Å². The zero-order valence-electron chi connectivity index (χ0n) is 8.49. The Hall–Kier alpha value is -1.33. The number of aromatic nitrogens is 2. The van der Waals surface area contributed by atoms with Crippen LogP contribution >= 0.6 is 11.3 Å². The van der Waals surface area contributed by atoms with Gasteiger partial charge in [-0.15, -0.1) is 0 Å². The minimum absolute atomic E-state index is 0.331. The molecule has 5 heteroatoms. The lowest BCUT2D eigenvalue weighted by Gasteiger charge is -1.93. The van der Waals surface area contributed by atoms with Crippen LogP contribution in [0, 0.1) is 12.7 Å². The van der Waals surface area contributed by atoms with Gasteiger partial charge in [0.25, 0.3) is 0 Å². The van der Waals surface area contributed by atoms with Gasteiger partial charge in [-0.2, -0.15) is 0 Å². The maximum atomic E-state index is 12.9. The number of pyridine rings is 1. The van der Waals surface area contributed by atoms with E-state index in [9.17, 15) is 4.39 Å². The number of nitrogens with zero attached hydrogens (tertiary/aromatic N) is 2. The van der Waals surface area contributed by atoms with E-state index in [1.165, 1.54) is 12.3 Å². The summed E-state index contributed by atoms with van der Waals surface area (Å²) < 4.78 is 12.9. The number of hydrogen-bond donors (Lipinski definition) is 1. The number of nitrogens with two attached hydrogens (primary N) is 1. The van der Waals surface area contributed by atoms with Gasteiger partial charge in [0.15, 0.2) is 0 Å². The van der Waals surface area contributed by atoms with Crippen LogP contribution in [0.2, 0.25) is 0 Å². The summed E-state index contributed by atoms with van der Waals surface area (Å²) in [5, 5.41) is 3.94. The lowest BCUT2D eigenvalue weighted by atomic mass is 10.3. The van der Waals surface area contributed by atoms with Crippen LogP contribution in [0.3, 0.4) is 0 Å². The molecule has 0 radical (unpaired) electrons. The van der Waals surface area contributed by atoms with Crippen LogP contribution in [0.25, 0.3) is 10.6 Å². The van der Waals surface area contributed by atoms with Crippen molar-refractivity contribution < 1.29 is 9.71 Å². The monoisotopic (exact) mass is 224 g/mol. The molecule has 0 fully saturated rings. The number of rotatable bonds is 2. The van der Waals surface area contributed by atoms with Crippen LogP contribution < -0.4 is 5.32 Å². The number of hydrogen-bond acceptors (Lipinski definition) is 3. The predicted octanol–water partition coefficient (Wildman–Crippen LogP) is 1.48. The highest BCUT2D eigenvalue weighted by atomic mass is 32.1. The standard InChI is InChI=1S/C10H10FN3S/c1-6-9(12-2)15-10(14-6)7-3-8(11)5-13-4-7/h3-5,12H,1-2H3/p+1. The largest absolute Gasteiger partial charge is 0.306 e. The van der Waals surface area contributed by atoms with Crippen molar-refractivity contribution in [2.45, 2.75) is 6.92 Å². The van der Waals surface area contributed by atoms with Crippen LogP contribution in [0.4, 0.5) is 9.39 Å². The third-order valence-electron chi connectivity index (χ3n) is 2.05. The van der Waals surface area contributed by atoms with Gasteiger partial charge in [-0.1, -0.05) is 11.3 Å². The molecule has 2 aromatic heterocycles. The Bertz CT molecular complexity index is 481. The molecule has 0 aliphatic rings. The van der Waals surface area contributed by atoms with E-state index in [2.05, 4.69) is 9.97 Å². The predicted molar refractivity (Wildman–Crippen MR) is 57.5 cm³/mol. The van der Waals surface area contributed by atoms with E-state index in [-0.39, 0.29) is 5.82 Å². The Morgan fingerprint density at radius 1 is 1.40 bits per heavy atom. The van der Waals surface area contributed by atoms with E-state index in [1.807, 2.05) is 19.3 Å². The molecule has 0 saturated carbocycles. The summed E-state index contributed by atoms with van der Waals surface area (Å²) in [6.45, 7) is 1.95. The van der Waals surface area contributed by atoms with Crippen molar-refractivity contribution in [3.8, 4) is 10.6 Å². The topological polar surface area (TPSA) is 42.4 Å². The summed E-state index contributed by atoms with van der Waals surface area (Å²) in [5.41, 5.74) is 1.71. The lowest BCUT2D eigenvalue weighted by molar-refractivity contribution is -0.535. The van der Waals surface area contributed by atoms with Crippen molar-refractivity contribution in [1.82, 2.24) is 9.97 Å². The van der Waals surface area contributed by atoms with Crippen molar-refractivity contribution >= 4 is 16.3 Å². The molecule has 2 N–H and O–H groups in total. The second-order valence-corrected chi connectivity index (χ2v) is 4.18. The van der Waals surface area contributed by atoms with Gasteiger partial charge in [0.1, 0.15) is 16.5 Å². The first-order chi connectivity index (χ1) is 7.20. The van der Waals surface area contributed by atoms with Crippen LogP contribution in [0.15, 0.2) is 18.5 Å². The van der Waals surface area contributed by atoms with Gasteiger partial charge >= 0.3 is 0 Å². The molecule has 0 aromatic carbocycles. The molecule has 0 bridgehead atoms. The van der Waals surface area contributed by atoms with Crippen molar-refractivity contribution in [1.29, 1.82) is 0 Å². The van der Waals surface area contributed by atoms with Crippen LogP contribution in [-0.2, 0) is 0 Å². The summed E-state index contributed by atoms with van der Waals surface area (Å²) in [5.74, 6) is -0.331. The summed E-state index contributed by atoms with van der Waals surface area (Å²) >= 11 is 1.55. The fourth-order valence-electron chi connectivity index (χ4n) is 1.33. The molecule has 2 rings (SSSR count). The highest BCUT2D eigenvalue weighted by Gasteiger charge is 2.11. The van der Waals surface area contributed by atoms with E-state index < -0.39 is 0 Å². The molecule has 2 heterocycles. The summed E-state index contributed by atoms with van der Waals surface area (Å²) in [6.07, 6.45) is 2.82. The molecule has 0 spiro atoms. The second kappa shape index (κ2) is 4.04. The molecule has 0 aliphatic carbocycles. The summed E-state index contributed by atoms with van der Waals surface area (Å²) in [4.78, 5) is 8.18. The van der Waals surface area contributed by atoms with Gasteiger partial charge < -0.3 is 5.32 Å². The number of quaternary nitrogens is 1. The second-order valence-electron chi connectivity index (χ2n) is 3.15. The Morgan fingerprint density at radius 3 is 2.80 bits per heavy atom. The van der Waals surface area contributed by atoms with Crippen LogP contribution in [-0.4, -0.2) is 17.0 Å². The molecule has 78 valence electrons. The van der Waals surface area contributed by atoms with E-state index in [0.29, 0.717) is 0 Å². The first kappa shape index (κ1) is 10.2. The Kier molecular flexibility index (Phi) is 2.75. The number of thiazole rings is 1. The number of halogens is 1. The van der Waals surface area contributed by atoms with E-state index in [0.717, 1.165) is 21.3 Å². The SMILES string of the molecule is C[NH2+]c1sc(-c2cncc(F)c2)nc1C. The van der Waals surface area contributed by atoms with Gasteiger partial charge in [0, 0.05) is 11.8 Å². The fourth-order valence-corrected chi connectivity index (χ4v) is 2.26. The average Bonchev–Trinajstić information content (AvgIpc) is 2.60. The highest BCUT2D eigenvalue weighted by molar-refractivity contribution is 7.18. The number of aryl methyl sites for hydroxylation is 1. The van der Waals surface area contributed by atoms with E-state index in [1.54, 1.807) is 17.5 Å². The van der Waals surface area contributed by atoms with Crippen molar-refractivity contribution in [2.24, 2.45) is 0 Å². The van der Waals surface area contributed by atoms with Gasteiger partial charge in [0.2, 0.25) is 5.00 Å². The van der Waals surface area contributed by atoms with Gasteiger partial charge in [-0.3, -0.25) is 4.98 Å². The molecule has 0 aliphatic heterocycles. The molecule has 0 unspecified atom stereocenters. The van der Waals surface area contributed by atoms with Gasteiger partial charge in [0.05, 0.1) is 13.2 Å². The zero-order valence-corrected chi connectivity index (χ0v) is 9.31. The molecule has 3 nitrogen and oxygen atoms in total. The smallest absolute Gasteiger partial charge is 0.208 e. The van der Waals surface area contributed by atoms with Crippen LogP contribution in [0.5, 0.6) is 0 Å². The van der Waals surface area contributed by atoms with Gasteiger partial charge in [-0.05, 0) is 13.0 Å². The summed E-state index contributed by atoms with van der Waals surface area (Å²) in [7, 11) is 1.97. The molecule has 0 atom stereocenters. The third-order valence-corrected chi connectivity index (χ3v) is 3.32. The first-order valence-corrected chi connectivity index (χ1v) is 5.40. The molecule has 2 aromatic rings. The highest BCUT2D eigenvalue weighted by Crippen LogP contribution is 2.28. The Balaban J connectivity index is 2.45. The van der Waals surface area contributed by atoms with E-state index in [4.69, 9.17) is 0 Å². The molecule has 15 heavy (non-hydrogen) atoms. The van der Waals surface area contributed by atoms with Crippen molar-refractivity contribution in [3.05, 3.63) is 30.0 Å². The summed E-state index contributed by atoms with van der Waals surface area (Å²) in [6, 6.07) is 1.45. The molecular weight excluding hydrogens is 213 g/mol. The van der Waals surface area contributed by atoms with Crippen molar-refractivity contribution in [3.63, 3.8) is 0 Å². The zero-order chi connectivity index (χ0) is 10.8. The maximum absolute atomic E-state index is 12.9. The maximum Gasteiger partial charge on any atom is 0.208 e. The molecular formula is C10H11FN3S+. The minimum atomic E-state index is -0.331. The molecule has 0 amide bonds. The quantitative estimate of drug-likeness (QED) is 0.839. The van der Waals surface area contributed by atoms with E-state index >= 15 is 0 Å². The average molecular weight is 224 g/mol. The fraction of sp³-hybridized carbons (Fsp3) is 0.200.